The Hall–Kier alpha value is -8.76. The van der Waals surface area contributed by atoms with Crippen molar-refractivity contribution in [3.63, 3.8) is 0 Å². The lowest BCUT2D eigenvalue weighted by molar-refractivity contribution is -0.147. The molecule has 1 aliphatic heterocycles. The second-order valence-electron chi connectivity index (χ2n) is 27.1. The molecule has 27 nitrogen and oxygen atoms in total. The van der Waals surface area contributed by atoms with Crippen LogP contribution in [-0.2, 0) is 75.1 Å². The number of carbonyl (C=O) groups is 10. The van der Waals surface area contributed by atoms with Gasteiger partial charge >= 0.3 is 18.1 Å². The van der Waals surface area contributed by atoms with Crippen LogP contribution in [0.5, 0.6) is 5.75 Å². The molecular weight excluding hydrogens is 1410 g/mol. The lowest BCUT2D eigenvalue weighted by atomic mass is 9.89. The summed E-state index contributed by atoms with van der Waals surface area (Å²) in [7, 11) is 4.66. The number of nitrogens with two attached hydrogens (primary N) is 1. The van der Waals surface area contributed by atoms with Crippen molar-refractivity contribution >= 4 is 76.3 Å². The summed E-state index contributed by atoms with van der Waals surface area (Å²) in [5.41, 5.74) is 5.43. The van der Waals surface area contributed by atoms with E-state index in [1.54, 1.807) is 65.1 Å². The highest BCUT2D eigenvalue weighted by Crippen LogP contribution is 2.32. The Labute approximate surface area is 618 Å². The van der Waals surface area contributed by atoms with E-state index >= 15 is 0 Å². The van der Waals surface area contributed by atoms with Gasteiger partial charge in [-0.3, -0.25) is 38.4 Å². The first-order chi connectivity index (χ1) is 50.2. The van der Waals surface area contributed by atoms with E-state index in [1.807, 2.05) is 56.5 Å². The molecule has 3 aromatic carbocycles. The van der Waals surface area contributed by atoms with Gasteiger partial charge in [-0.2, -0.15) is 8.78 Å². The molecule has 586 valence electrons. The van der Waals surface area contributed by atoms with Gasteiger partial charge in [0.05, 0.1) is 76.1 Å². The maximum absolute atomic E-state index is 14.7. The van der Waals surface area contributed by atoms with Gasteiger partial charge in [0.15, 0.2) is 5.78 Å². The van der Waals surface area contributed by atoms with Gasteiger partial charge in [0.25, 0.3) is 0 Å². The number of amides is 9. The van der Waals surface area contributed by atoms with Crippen molar-refractivity contribution in [1.82, 2.24) is 46.7 Å². The molecule has 9 amide bonds. The molecule has 0 bridgehead atoms. The number of esters is 1. The third-order valence-electron chi connectivity index (χ3n) is 18.2. The van der Waals surface area contributed by atoms with Gasteiger partial charge < -0.3 is 81.2 Å². The van der Waals surface area contributed by atoms with Gasteiger partial charge in [-0.25, -0.2) is 27.7 Å². The minimum Gasteiger partial charge on any atom is -0.445 e. The third-order valence-corrected chi connectivity index (χ3v) is 19.1. The normalized spacial score (nSPS) is 15.6. The van der Waals surface area contributed by atoms with Crippen molar-refractivity contribution in [2.45, 2.75) is 181 Å². The zero-order valence-corrected chi connectivity index (χ0v) is 62.9. The average Bonchev–Trinajstić information content (AvgIpc) is 1.78. The van der Waals surface area contributed by atoms with Gasteiger partial charge in [-0.15, -0.1) is 11.3 Å². The number of nitrogens with zero attached hydrogens (tertiary/aromatic N) is 3. The molecule has 5 rings (SSSR count). The molecule has 106 heavy (non-hydrogen) atoms. The van der Waals surface area contributed by atoms with E-state index < -0.39 is 161 Å². The molecule has 1 aliphatic rings. The summed E-state index contributed by atoms with van der Waals surface area (Å²) in [5.74, 6) is -19.9. The smallest absolute Gasteiger partial charge is 0.408 e. The number of alkyl carbamates (subject to hydrolysis) is 1. The standard InChI is InChI=1S/C73H102F5N11O16S/c1-13-43(6)63(52(100-11)38-54(92)89-31-18-22-50(89)64(101-12)44(7)51(90)39-82-49(68-80-30-36-106-68)37-45-19-15-14-16-20-45)88(10)69(96)62(42(4)5)86-70(97)73(8,9)87-72(99)104-40-46-23-25-47(26-24-46)83-66(94)48(21-17-29-81-71(79)98)84-67(95)61(41(2)3)85-53(91)27-32-102-34-35-103-33-28-55(93)105-65-59(77)57(75)56(74)58(76)60(65)78/h14-16,19-20,23-26,30,36,41-44,48-50,52,61-64,82H,13,17-18,21-22,27-29,31-35,37-40H2,1-12H3,(H,83,94)(H,84,95)(H,85,91)(H,86,97)(H,87,99)(H3,79,81,98)/t43?,44-,48-,49-,50-,52+,61-,62-,63-,64+/m0/s1. The Morgan fingerprint density at radius 3 is 1.98 bits per heavy atom. The molecule has 2 heterocycles. The van der Waals surface area contributed by atoms with Gasteiger partial charge in [0.1, 0.15) is 35.3 Å². The van der Waals surface area contributed by atoms with Gasteiger partial charge in [0.2, 0.25) is 70.3 Å². The zero-order valence-electron chi connectivity index (χ0n) is 62.0. The summed E-state index contributed by atoms with van der Waals surface area (Å²) in [4.78, 5) is 143. The molecule has 1 saturated heterocycles. The number of benzene rings is 3. The van der Waals surface area contributed by atoms with Crippen molar-refractivity contribution < 1.29 is 98.3 Å². The maximum atomic E-state index is 14.7. The number of anilines is 1. The maximum Gasteiger partial charge on any atom is 0.408 e. The van der Waals surface area contributed by atoms with E-state index in [1.165, 1.54) is 49.3 Å². The molecule has 0 spiro atoms. The van der Waals surface area contributed by atoms with Gasteiger partial charge in [0, 0.05) is 64.0 Å². The third kappa shape index (κ3) is 26.3. The summed E-state index contributed by atoms with van der Waals surface area (Å²) in [6.45, 7) is 14.9. The fourth-order valence-corrected chi connectivity index (χ4v) is 12.7. The minimum absolute atomic E-state index is 0.00645. The average molecular weight is 1520 g/mol. The number of likely N-dealkylation sites (N-methyl/N-ethyl adjacent to an activating group) is 1. The fraction of sp³-hybridized carbons (Fsp3) is 0.575. The molecule has 0 aliphatic carbocycles. The van der Waals surface area contributed by atoms with Crippen LogP contribution in [-0.4, -0.2) is 189 Å². The van der Waals surface area contributed by atoms with Crippen LogP contribution in [0.15, 0.2) is 66.2 Å². The van der Waals surface area contributed by atoms with Crippen molar-refractivity contribution in [1.29, 1.82) is 0 Å². The number of ketones is 1. The largest absolute Gasteiger partial charge is 0.445 e. The van der Waals surface area contributed by atoms with E-state index in [9.17, 15) is 69.9 Å². The van der Waals surface area contributed by atoms with E-state index in [0.717, 1.165) is 10.6 Å². The number of halogens is 5. The Bertz CT molecular complexity index is 3540. The first-order valence-electron chi connectivity index (χ1n) is 35.2. The van der Waals surface area contributed by atoms with Crippen LogP contribution in [0, 0.1) is 52.8 Å². The van der Waals surface area contributed by atoms with Crippen LogP contribution in [0.3, 0.4) is 0 Å². The zero-order chi connectivity index (χ0) is 78.5. The molecule has 4 aromatic rings. The monoisotopic (exact) mass is 1520 g/mol. The first kappa shape index (κ1) is 87.9. The number of hydrogen-bond acceptors (Lipinski definition) is 19. The number of nitrogens with one attached hydrogen (secondary N) is 7. The lowest BCUT2D eigenvalue weighted by Gasteiger charge is -2.41. The number of carbonyl (C=O) groups excluding carboxylic acids is 10. The number of urea groups is 1. The quantitative estimate of drug-likeness (QED) is 0.00531. The summed E-state index contributed by atoms with van der Waals surface area (Å²) >= 11 is 1.51. The summed E-state index contributed by atoms with van der Waals surface area (Å²) in [6, 6.07) is 10.6. The predicted octanol–water partition coefficient (Wildman–Crippen LogP) is 7.48. The number of primary amides is 1. The van der Waals surface area contributed by atoms with E-state index in [-0.39, 0.29) is 94.5 Å². The van der Waals surface area contributed by atoms with Crippen molar-refractivity contribution in [3.05, 3.63) is 111 Å². The van der Waals surface area contributed by atoms with Crippen molar-refractivity contribution in [2.75, 3.05) is 72.6 Å². The number of ether oxygens (including phenoxy) is 6. The second-order valence-corrected chi connectivity index (χ2v) is 28.1. The minimum atomic E-state index is -2.42. The molecule has 1 aromatic heterocycles. The molecule has 1 unspecified atom stereocenters. The van der Waals surface area contributed by atoms with Gasteiger partial charge in [-0.05, 0) is 87.0 Å². The summed E-state index contributed by atoms with van der Waals surface area (Å²) in [6.07, 6.45) is 1.16. The second kappa shape index (κ2) is 43.1. The fourth-order valence-electron chi connectivity index (χ4n) is 12.0. The lowest BCUT2D eigenvalue weighted by Crippen LogP contribution is -2.62. The Balaban J connectivity index is 1.10. The van der Waals surface area contributed by atoms with E-state index in [0.29, 0.717) is 37.8 Å². The number of likely N-dealkylation sites (tertiary alicyclic amines) is 1. The first-order valence-corrected chi connectivity index (χ1v) is 36.1. The Kier molecular flexibility index (Phi) is 35.8. The van der Waals surface area contributed by atoms with Crippen molar-refractivity contribution in [2.24, 2.45) is 29.4 Å². The van der Waals surface area contributed by atoms with Crippen LogP contribution in [0.4, 0.5) is 37.2 Å². The number of methoxy groups -OCH3 is 2. The summed E-state index contributed by atoms with van der Waals surface area (Å²) < 4.78 is 100. The predicted molar refractivity (Wildman–Crippen MR) is 382 cm³/mol. The highest BCUT2D eigenvalue weighted by atomic mass is 32.1. The molecule has 0 saturated carbocycles. The van der Waals surface area contributed by atoms with Crippen molar-refractivity contribution in [3.8, 4) is 5.75 Å². The molecular formula is C73H102F5N11O16S. The van der Waals surface area contributed by atoms with E-state index in [4.69, 9.17) is 29.4 Å². The summed E-state index contributed by atoms with van der Waals surface area (Å²) in [5, 5.41) is 22.1. The van der Waals surface area contributed by atoms with Crippen LogP contribution in [0.25, 0.3) is 0 Å². The highest BCUT2D eigenvalue weighted by Gasteiger charge is 2.44. The number of Topliss-reactive ketones (excluding diaryl/α,β-unsaturated/α-hetero) is 1. The number of hydrogen-bond donors (Lipinski definition) is 8. The van der Waals surface area contributed by atoms with Gasteiger partial charge in [-0.1, -0.05) is 97.4 Å². The molecule has 9 N–H and O–H groups in total. The van der Waals surface area contributed by atoms with Crippen LogP contribution in [0.1, 0.15) is 136 Å². The number of thiazole rings is 1. The molecule has 10 atom stereocenters. The van der Waals surface area contributed by atoms with Crippen LogP contribution in [0.2, 0.25) is 0 Å². The number of aromatic nitrogens is 1. The number of rotatable bonds is 44. The topological polar surface area (TPSA) is 356 Å². The van der Waals surface area contributed by atoms with E-state index in [2.05, 4.69) is 46.9 Å². The molecule has 0 radical (unpaired) electrons. The Morgan fingerprint density at radius 2 is 1.40 bits per heavy atom. The molecule has 1 fully saturated rings. The SMILES string of the molecule is CCC(C)[C@@H]([C@@H](CC(=O)N1CCC[C@H]1[C@H](OC)[C@@H](C)C(=O)CN[C@@H](Cc1ccccc1)c1nccs1)OC)N(C)C(=O)[C@@H](NC(=O)C(C)(C)NC(=O)OCc1ccc(NC(=O)[C@H](CCCNC(N)=O)NC(=O)[C@@H](NC(=O)CCOCCOCCC(=O)Oc2c(F)c(F)c(F)c(F)c2F)C(C)C)cc1)C(C)C. The Morgan fingerprint density at radius 1 is 0.764 bits per heavy atom. The molecule has 33 heteroatoms. The van der Waals surface area contributed by atoms with Crippen LogP contribution < -0.4 is 47.7 Å². The highest BCUT2D eigenvalue weighted by molar-refractivity contribution is 7.09. The van der Waals surface area contributed by atoms with Crippen LogP contribution >= 0.6 is 11.3 Å².